The molecule has 86 valence electrons. The number of rotatable bonds is 9. The van der Waals surface area contributed by atoms with Gasteiger partial charge in [0.1, 0.15) is 0 Å². The minimum Gasteiger partial charge on any atom is -0.377 e. The summed E-state index contributed by atoms with van der Waals surface area (Å²) in [6.07, 6.45) is 7.90. The second kappa shape index (κ2) is 9.47. The molecule has 0 bridgehead atoms. The van der Waals surface area contributed by atoms with Crippen LogP contribution in [-0.4, -0.2) is 18.8 Å². The van der Waals surface area contributed by atoms with E-state index in [1.807, 2.05) is 6.92 Å². The van der Waals surface area contributed by atoms with Gasteiger partial charge in [0.05, 0.1) is 6.10 Å². The van der Waals surface area contributed by atoms with Crippen LogP contribution in [0.25, 0.3) is 0 Å². The topological polar surface area (TPSA) is 35.2 Å². The van der Waals surface area contributed by atoms with Gasteiger partial charge in [-0.15, -0.1) is 0 Å². The highest BCUT2D eigenvalue weighted by atomic mass is 16.5. The third-order valence-corrected chi connectivity index (χ3v) is 2.67. The summed E-state index contributed by atoms with van der Waals surface area (Å²) in [5, 5.41) is 0. The maximum atomic E-state index is 5.99. The lowest BCUT2D eigenvalue weighted by atomic mass is 10.0. The van der Waals surface area contributed by atoms with Crippen molar-refractivity contribution in [3.63, 3.8) is 0 Å². The molecule has 2 heteroatoms. The van der Waals surface area contributed by atoms with Crippen molar-refractivity contribution in [2.45, 2.75) is 71.4 Å². The third kappa shape index (κ3) is 7.34. The standard InChI is InChI=1S/C12H27NO/c1-4-6-7-8-9-10-12(13)11(3)14-5-2/h11-12H,4-10,13H2,1-3H3. The van der Waals surface area contributed by atoms with Crippen LogP contribution >= 0.6 is 0 Å². The zero-order valence-electron chi connectivity index (χ0n) is 10.1. The molecule has 2 unspecified atom stereocenters. The Kier molecular flexibility index (Phi) is 9.42. The smallest absolute Gasteiger partial charge is 0.0697 e. The van der Waals surface area contributed by atoms with Gasteiger partial charge in [-0.3, -0.25) is 0 Å². The average molecular weight is 201 g/mol. The molecule has 0 fully saturated rings. The summed E-state index contributed by atoms with van der Waals surface area (Å²) in [6.45, 7) is 7.10. The third-order valence-electron chi connectivity index (χ3n) is 2.67. The molecule has 0 aromatic rings. The van der Waals surface area contributed by atoms with E-state index in [-0.39, 0.29) is 12.1 Å². The van der Waals surface area contributed by atoms with Crippen molar-refractivity contribution in [3.8, 4) is 0 Å². The summed E-state index contributed by atoms with van der Waals surface area (Å²) < 4.78 is 5.46. The molecule has 0 amide bonds. The molecule has 14 heavy (non-hydrogen) atoms. The average Bonchev–Trinajstić information content (AvgIpc) is 2.17. The largest absolute Gasteiger partial charge is 0.377 e. The molecule has 0 saturated heterocycles. The maximum Gasteiger partial charge on any atom is 0.0697 e. The predicted octanol–water partition coefficient (Wildman–Crippen LogP) is 3.10. The molecule has 0 heterocycles. The summed E-state index contributed by atoms with van der Waals surface area (Å²) in [7, 11) is 0. The fraction of sp³-hybridized carbons (Fsp3) is 1.00. The maximum absolute atomic E-state index is 5.99. The van der Waals surface area contributed by atoms with Gasteiger partial charge in [-0.25, -0.2) is 0 Å². The lowest BCUT2D eigenvalue weighted by Crippen LogP contribution is -2.34. The molecular weight excluding hydrogens is 174 g/mol. The minimum atomic E-state index is 0.214. The van der Waals surface area contributed by atoms with E-state index >= 15 is 0 Å². The van der Waals surface area contributed by atoms with Crippen molar-refractivity contribution in [1.82, 2.24) is 0 Å². The van der Waals surface area contributed by atoms with Crippen LogP contribution in [0.5, 0.6) is 0 Å². The monoisotopic (exact) mass is 201 g/mol. The van der Waals surface area contributed by atoms with Crippen LogP contribution in [0.1, 0.15) is 59.3 Å². The van der Waals surface area contributed by atoms with E-state index in [1.165, 1.54) is 32.1 Å². The first kappa shape index (κ1) is 13.9. The molecule has 2 nitrogen and oxygen atoms in total. The Labute approximate surface area is 89.2 Å². The summed E-state index contributed by atoms with van der Waals surface area (Å²) >= 11 is 0. The summed E-state index contributed by atoms with van der Waals surface area (Å²) in [6, 6.07) is 0.219. The van der Waals surface area contributed by atoms with Crippen LogP contribution in [0.2, 0.25) is 0 Å². The van der Waals surface area contributed by atoms with Crippen LogP contribution in [0.4, 0.5) is 0 Å². The van der Waals surface area contributed by atoms with Crippen molar-refractivity contribution in [1.29, 1.82) is 0 Å². The van der Waals surface area contributed by atoms with E-state index in [0.717, 1.165) is 13.0 Å². The van der Waals surface area contributed by atoms with Crippen molar-refractivity contribution in [2.24, 2.45) is 5.73 Å². The van der Waals surface area contributed by atoms with Gasteiger partial charge in [0.25, 0.3) is 0 Å². The zero-order chi connectivity index (χ0) is 10.8. The summed E-state index contributed by atoms with van der Waals surface area (Å²) in [5.74, 6) is 0. The number of hydrogen-bond donors (Lipinski definition) is 1. The molecule has 2 N–H and O–H groups in total. The molecule has 0 aliphatic carbocycles. The fourth-order valence-corrected chi connectivity index (χ4v) is 1.60. The highest BCUT2D eigenvalue weighted by Gasteiger charge is 2.11. The lowest BCUT2D eigenvalue weighted by Gasteiger charge is -2.19. The van der Waals surface area contributed by atoms with Gasteiger partial charge in [-0.2, -0.15) is 0 Å². The number of ether oxygens (including phenoxy) is 1. The second-order valence-corrected chi connectivity index (χ2v) is 4.03. The van der Waals surface area contributed by atoms with Crippen molar-refractivity contribution in [3.05, 3.63) is 0 Å². The Bertz CT molecular complexity index is 117. The van der Waals surface area contributed by atoms with Gasteiger partial charge < -0.3 is 10.5 Å². The molecule has 0 aliphatic rings. The van der Waals surface area contributed by atoms with E-state index in [9.17, 15) is 0 Å². The van der Waals surface area contributed by atoms with Gasteiger partial charge in [0, 0.05) is 12.6 Å². The van der Waals surface area contributed by atoms with Crippen LogP contribution in [0.15, 0.2) is 0 Å². The van der Waals surface area contributed by atoms with Crippen molar-refractivity contribution in [2.75, 3.05) is 6.61 Å². The van der Waals surface area contributed by atoms with Gasteiger partial charge in [-0.05, 0) is 20.3 Å². The van der Waals surface area contributed by atoms with Crippen molar-refractivity contribution >= 4 is 0 Å². The highest BCUT2D eigenvalue weighted by Crippen LogP contribution is 2.09. The molecule has 0 aliphatic heterocycles. The van der Waals surface area contributed by atoms with Gasteiger partial charge in [0.15, 0.2) is 0 Å². The van der Waals surface area contributed by atoms with E-state index in [0.29, 0.717) is 0 Å². The Morgan fingerprint density at radius 3 is 2.29 bits per heavy atom. The number of hydrogen-bond acceptors (Lipinski definition) is 2. The molecule has 0 rings (SSSR count). The predicted molar refractivity (Wildman–Crippen MR) is 62.4 cm³/mol. The van der Waals surface area contributed by atoms with Crippen LogP contribution in [-0.2, 0) is 4.74 Å². The fourth-order valence-electron chi connectivity index (χ4n) is 1.60. The number of unbranched alkanes of at least 4 members (excludes halogenated alkanes) is 4. The molecule has 0 aromatic heterocycles. The molecule has 0 saturated carbocycles. The van der Waals surface area contributed by atoms with Gasteiger partial charge >= 0.3 is 0 Å². The van der Waals surface area contributed by atoms with E-state index in [4.69, 9.17) is 10.5 Å². The van der Waals surface area contributed by atoms with E-state index in [1.54, 1.807) is 0 Å². The van der Waals surface area contributed by atoms with Gasteiger partial charge in [-0.1, -0.05) is 39.0 Å². The Hall–Kier alpha value is -0.0800. The lowest BCUT2D eigenvalue weighted by molar-refractivity contribution is 0.0549. The molecule has 2 atom stereocenters. The first-order valence-electron chi connectivity index (χ1n) is 6.09. The zero-order valence-corrected chi connectivity index (χ0v) is 10.1. The van der Waals surface area contributed by atoms with Crippen molar-refractivity contribution < 1.29 is 4.74 Å². The van der Waals surface area contributed by atoms with Crippen LogP contribution in [0.3, 0.4) is 0 Å². The first-order valence-corrected chi connectivity index (χ1v) is 6.09. The normalized spacial score (nSPS) is 15.4. The van der Waals surface area contributed by atoms with Gasteiger partial charge in [0.2, 0.25) is 0 Å². The Balaban J connectivity index is 3.29. The van der Waals surface area contributed by atoms with Crippen LogP contribution < -0.4 is 5.73 Å². The van der Waals surface area contributed by atoms with Crippen LogP contribution in [0, 0.1) is 0 Å². The van der Waals surface area contributed by atoms with E-state index < -0.39 is 0 Å². The molecule has 0 aromatic carbocycles. The summed E-state index contributed by atoms with van der Waals surface area (Å²) in [4.78, 5) is 0. The Morgan fingerprint density at radius 2 is 1.71 bits per heavy atom. The molecular formula is C12H27NO. The Morgan fingerprint density at radius 1 is 1.07 bits per heavy atom. The first-order chi connectivity index (χ1) is 6.72. The highest BCUT2D eigenvalue weighted by molar-refractivity contribution is 4.68. The minimum absolute atomic E-state index is 0.214. The summed E-state index contributed by atoms with van der Waals surface area (Å²) in [5.41, 5.74) is 5.99. The quantitative estimate of drug-likeness (QED) is 0.582. The molecule has 0 radical (unpaired) electrons. The second-order valence-electron chi connectivity index (χ2n) is 4.03. The number of nitrogens with two attached hydrogens (primary N) is 1. The molecule has 0 spiro atoms. The van der Waals surface area contributed by atoms with E-state index in [2.05, 4.69) is 13.8 Å². The SMILES string of the molecule is CCCCCCCC(N)C(C)OCC.